The molecule has 7 nitrogen and oxygen atoms in total. The van der Waals surface area contributed by atoms with E-state index >= 15 is 0 Å². The van der Waals surface area contributed by atoms with Gasteiger partial charge in [-0.3, -0.25) is 0 Å². The van der Waals surface area contributed by atoms with Crippen LogP contribution in [0.1, 0.15) is 103 Å². The first-order valence-electron chi connectivity index (χ1n) is 10.9. The summed E-state index contributed by atoms with van der Waals surface area (Å²) in [6.45, 7) is 2.26. The van der Waals surface area contributed by atoms with E-state index in [4.69, 9.17) is 20.4 Å². The summed E-state index contributed by atoms with van der Waals surface area (Å²) >= 11 is 0. The summed E-state index contributed by atoms with van der Waals surface area (Å²) in [6, 6.07) is 0. The van der Waals surface area contributed by atoms with Crippen molar-refractivity contribution in [3.05, 3.63) is 12.2 Å². The molecule has 0 spiro atoms. The van der Waals surface area contributed by atoms with Crippen LogP contribution in [0.15, 0.2) is 12.2 Å². The summed E-state index contributed by atoms with van der Waals surface area (Å²) in [4.78, 5) is 29.5. The fraction of sp³-hybridized carbons (Fsp3) is 0.773. The van der Waals surface area contributed by atoms with Crippen LogP contribution >= 0.6 is 0 Å². The van der Waals surface area contributed by atoms with Gasteiger partial charge in [0.15, 0.2) is 6.10 Å². The lowest BCUT2D eigenvalue weighted by Gasteiger charge is -2.05. The Bertz CT molecular complexity index is 430. The number of aliphatic hydroxyl groups is 1. The zero-order chi connectivity index (χ0) is 22.3. The van der Waals surface area contributed by atoms with Crippen LogP contribution in [0.2, 0.25) is 0 Å². The van der Waals surface area contributed by atoms with Gasteiger partial charge in [-0.2, -0.15) is 0 Å². The van der Waals surface area contributed by atoms with Crippen molar-refractivity contribution in [2.24, 2.45) is 0 Å². The quantitative estimate of drug-likeness (QED) is 0.182. The van der Waals surface area contributed by atoms with Gasteiger partial charge in [-0.15, -0.1) is 0 Å². The molecule has 29 heavy (non-hydrogen) atoms. The summed E-state index contributed by atoms with van der Waals surface area (Å²) in [5.41, 5.74) is 0. The van der Waals surface area contributed by atoms with Crippen molar-refractivity contribution in [1.82, 2.24) is 0 Å². The molecule has 0 aromatic heterocycles. The fourth-order valence-electron chi connectivity index (χ4n) is 2.80. The monoisotopic (exact) mass is 416 g/mol. The van der Waals surface area contributed by atoms with Crippen molar-refractivity contribution in [3.8, 4) is 0 Å². The standard InChI is InChI=1S/C18H36O3.C4H4O4/c1-2-3-4-5-6-7-8-9-10-11-12-13-14-15-16-17(19)18(20)21;5-3(6)1-2-4(7)8/h17,19H,2-16H2,1H3,(H,20,21);1-2H,(H,5,6)(H,7,8)/b;2-1-. The molecule has 7 heteroatoms. The molecule has 0 aliphatic heterocycles. The van der Waals surface area contributed by atoms with Crippen LogP contribution in [-0.4, -0.2) is 44.4 Å². The van der Waals surface area contributed by atoms with Gasteiger partial charge in [-0.1, -0.05) is 96.8 Å². The predicted molar refractivity (Wildman–Crippen MR) is 113 cm³/mol. The highest BCUT2D eigenvalue weighted by Gasteiger charge is 2.11. The summed E-state index contributed by atoms with van der Waals surface area (Å²) in [7, 11) is 0. The first-order valence-corrected chi connectivity index (χ1v) is 10.9. The third kappa shape index (κ3) is 28.4. The average Bonchev–Trinajstić information content (AvgIpc) is 2.66. The van der Waals surface area contributed by atoms with E-state index in [1.165, 1.54) is 77.0 Å². The molecule has 0 aromatic carbocycles. The molecule has 4 N–H and O–H groups in total. The number of carboxylic acids is 3. The zero-order valence-electron chi connectivity index (χ0n) is 17.9. The second-order valence-corrected chi connectivity index (χ2v) is 7.25. The molecule has 0 aliphatic carbocycles. The van der Waals surface area contributed by atoms with Crippen LogP contribution in [0, 0.1) is 0 Å². The molecule has 0 aliphatic rings. The first-order chi connectivity index (χ1) is 13.8. The SMILES string of the molecule is CCCCCCCCCCCCCCCCC(O)C(=O)O.O=C(O)/C=C\C(=O)O. The number of aliphatic hydroxyl groups excluding tert-OH is 1. The molecule has 1 unspecified atom stereocenters. The molecule has 0 fully saturated rings. The lowest BCUT2D eigenvalue weighted by molar-refractivity contribution is -0.147. The smallest absolute Gasteiger partial charge is 0.332 e. The molecule has 0 bridgehead atoms. The van der Waals surface area contributed by atoms with Crippen molar-refractivity contribution >= 4 is 17.9 Å². The third-order valence-corrected chi connectivity index (χ3v) is 4.48. The van der Waals surface area contributed by atoms with E-state index in [0.29, 0.717) is 18.6 Å². The Kier molecular flexibility index (Phi) is 22.6. The highest BCUT2D eigenvalue weighted by atomic mass is 16.4. The van der Waals surface area contributed by atoms with Crippen molar-refractivity contribution in [2.45, 2.75) is 109 Å². The molecule has 0 aromatic rings. The summed E-state index contributed by atoms with van der Waals surface area (Å²) in [6.07, 6.45) is 18.4. The molecule has 0 heterocycles. The average molecular weight is 417 g/mol. The highest BCUT2D eigenvalue weighted by molar-refractivity contribution is 5.89. The lowest BCUT2D eigenvalue weighted by Crippen LogP contribution is -2.18. The van der Waals surface area contributed by atoms with Gasteiger partial charge in [0, 0.05) is 12.2 Å². The maximum Gasteiger partial charge on any atom is 0.332 e. The van der Waals surface area contributed by atoms with E-state index in [1.807, 2.05) is 0 Å². The van der Waals surface area contributed by atoms with E-state index in [0.717, 1.165) is 12.8 Å². The Morgan fingerprint density at radius 2 is 0.931 bits per heavy atom. The summed E-state index contributed by atoms with van der Waals surface area (Å²) in [5, 5.41) is 33.3. The predicted octanol–water partition coefficient (Wildman–Crippen LogP) is 5.02. The second kappa shape index (κ2) is 22.4. The zero-order valence-corrected chi connectivity index (χ0v) is 17.9. The van der Waals surface area contributed by atoms with E-state index in [1.54, 1.807) is 0 Å². The fourth-order valence-corrected chi connectivity index (χ4v) is 2.80. The Morgan fingerprint density at radius 1 is 0.621 bits per heavy atom. The number of carbonyl (C=O) groups is 3. The van der Waals surface area contributed by atoms with Gasteiger partial charge in [0.2, 0.25) is 0 Å². The van der Waals surface area contributed by atoms with Gasteiger partial charge in [0.1, 0.15) is 0 Å². The molecule has 170 valence electrons. The minimum Gasteiger partial charge on any atom is -0.479 e. The first kappa shape index (κ1) is 29.3. The third-order valence-electron chi connectivity index (χ3n) is 4.48. The number of hydrogen-bond acceptors (Lipinski definition) is 4. The minimum atomic E-state index is -1.26. The van der Waals surface area contributed by atoms with Crippen LogP contribution in [0.4, 0.5) is 0 Å². The molecule has 0 radical (unpaired) electrons. The van der Waals surface area contributed by atoms with Gasteiger partial charge in [-0.25, -0.2) is 14.4 Å². The molecule has 1 atom stereocenters. The number of unbranched alkanes of at least 4 members (excludes halogenated alkanes) is 13. The maximum absolute atomic E-state index is 10.4. The minimum absolute atomic E-state index is 0.396. The van der Waals surface area contributed by atoms with Crippen molar-refractivity contribution < 1.29 is 34.8 Å². The Balaban J connectivity index is 0. The maximum atomic E-state index is 10.4. The van der Waals surface area contributed by atoms with Gasteiger partial charge in [0.05, 0.1) is 0 Å². The lowest BCUT2D eigenvalue weighted by atomic mass is 10.0. The summed E-state index contributed by atoms with van der Waals surface area (Å²) in [5.74, 6) is -3.61. The molecular formula is C22H40O7. The van der Waals surface area contributed by atoms with Gasteiger partial charge in [-0.05, 0) is 6.42 Å². The van der Waals surface area contributed by atoms with Crippen LogP contribution < -0.4 is 0 Å². The number of aliphatic carboxylic acids is 3. The number of carboxylic acid groups (broad SMARTS) is 3. The highest BCUT2D eigenvalue weighted by Crippen LogP contribution is 2.13. The Morgan fingerprint density at radius 3 is 1.21 bits per heavy atom. The van der Waals surface area contributed by atoms with Crippen molar-refractivity contribution in [3.63, 3.8) is 0 Å². The Hall–Kier alpha value is -1.89. The second-order valence-electron chi connectivity index (χ2n) is 7.25. The van der Waals surface area contributed by atoms with Crippen LogP contribution in [0.5, 0.6) is 0 Å². The summed E-state index contributed by atoms with van der Waals surface area (Å²) < 4.78 is 0. The van der Waals surface area contributed by atoms with E-state index in [9.17, 15) is 14.4 Å². The van der Waals surface area contributed by atoms with Crippen molar-refractivity contribution in [1.29, 1.82) is 0 Å². The van der Waals surface area contributed by atoms with Crippen molar-refractivity contribution in [2.75, 3.05) is 0 Å². The molecule has 0 saturated heterocycles. The van der Waals surface area contributed by atoms with E-state index in [2.05, 4.69) is 6.92 Å². The number of rotatable bonds is 18. The molecular weight excluding hydrogens is 376 g/mol. The largest absolute Gasteiger partial charge is 0.479 e. The van der Waals surface area contributed by atoms with Gasteiger partial charge >= 0.3 is 17.9 Å². The molecule has 0 rings (SSSR count). The van der Waals surface area contributed by atoms with E-state index in [-0.39, 0.29) is 0 Å². The van der Waals surface area contributed by atoms with E-state index < -0.39 is 24.0 Å². The normalized spacial score (nSPS) is 11.7. The van der Waals surface area contributed by atoms with Crippen LogP contribution in [-0.2, 0) is 14.4 Å². The Labute approximate surface area is 174 Å². The van der Waals surface area contributed by atoms with Crippen LogP contribution in [0.3, 0.4) is 0 Å². The molecule has 0 saturated carbocycles. The van der Waals surface area contributed by atoms with Gasteiger partial charge in [0.25, 0.3) is 0 Å². The van der Waals surface area contributed by atoms with Crippen LogP contribution in [0.25, 0.3) is 0 Å². The topological polar surface area (TPSA) is 132 Å². The number of hydrogen-bond donors (Lipinski definition) is 4. The van der Waals surface area contributed by atoms with Gasteiger partial charge < -0.3 is 20.4 Å². The molecule has 0 amide bonds.